The molecule has 0 bridgehead atoms. The van der Waals surface area contributed by atoms with Crippen molar-refractivity contribution in [1.29, 1.82) is 0 Å². The van der Waals surface area contributed by atoms with Crippen LogP contribution in [0.1, 0.15) is 32.6 Å². The molecule has 1 fully saturated rings. The molecule has 1 saturated heterocycles. The molecule has 6 heteroatoms. The first kappa shape index (κ1) is 21.6. The van der Waals surface area contributed by atoms with Gasteiger partial charge in [0.05, 0.1) is 19.3 Å². The summed E-state index contributed by atoms with van der Waals surface area (Å²) in [6, 6.07) is 21.5. The Morgan fingerprint density at radius 2 is 1.82 bits per heavy atom. The Hall–Kier alpha value is -3.25. The van der Waals surface area contributed by atoms with Crippen LogP contribution in [0.5, 0.6) is 5.75 Å². The largest absolute Gasteiger partial charge is 0.497 e. The van der Waals surface area contributed by atoms with Crippen LogP contribution < -0.4 is 9.64 Å². The number of anilines is 1. The highest BCUT2D eigenvalue weighted by Gasteiger charge is 2.59. The van der Waals surface area contributed by atoms with Gasteiger partial charge in [-0.05, 0) is 43.7 Å². The van der Waals surface area contributed by atoms with Crippen LogP contribution in [0.2, 0.25) is 0 Å². The minimum atomic E-state index is -1.05. The van der Waals surface area contributed by atoms with Gasteiger partial charge < -0.3 is 14.5 Å². The van der Waals surface area contributed by atoms with Gasteiger partial charge in [0.15, 0.2) is 4.87 Å². The van der Waals surface area contributed by atoms with E-state index in [1.54, 1.807) is 42.0 Å². The van der Waals surface area contributed by atoms with Gasteiger partial charge in [-0.2, -0.15) is 0 Å². The second-order valence-corrected chi connectivity index (χ2v) is 9.87. The summed E-state index contributed by atoms with van der Waals surface area (Å²) in [7, 11) is 1.58. The number of carbonyl (C=O) groups excluding carboxylic acids is 2. The van der Waals surface area contributed by atoms with Crippen LogP contribution in [-0.2, 0) is 16.2 Å². The van der Waals surface area contributed by atoms with Crippen LogP contribution >= 0.6 is 11.8 Å². The third kappa shape index (κ3) is 3.49. The maximum Gasteiger partial charge on any atom is 0.268 e. The number of ether oxygens (including phenoxy) is 1. The molecule has 2 amide bonds. The molecule has 3 aromatic rings. The molecule has 0 aliphatic carbocycles. The Bertz CT molecular complexity index is 1260. The molecule has 3 aromatic carbocycles. The average molecular weight is 459 g/mol. The maximum atomic E-state index is 14.1. The SMILES string of the molecule is COc1cccc(C(=O)N2CCS[C@@]23C(=O)N(Cc2cccc(C)c2)c2ccc(C)cc23)c1. The minimum Gasteiger partial charge on any atom is -0.497 e. The third-order valence-electron chi connectivity index (χ3n) is 6.33. The lowest BCUT2D eigenvalue weighted by atomic mass is 10.0. The van der Waals surface area contributed by atoms with Crippen molar-refractivity contribution in [1.82, 2.24) is 4.90 Å². The Labute approximate surface area is 198 Å². The number of amides is 2. The van der Waals surface area contributed by atoms with Crippen molar-refractivity contribution >= 4 is 29.3 Å². The molecule has 0 saturated carbocycles. The standard InChI is InChI=1S/C27H26N2O3S/c1-18-6-4-7-20(14-18)17-28-24-11-10-19(2)15-23(24)27(26(28)31)29(12-13-33-27)25(30)21-8-5-9-22(16-21)32-3/h4-11,14-16H,12-13,17H2,1-3H3/t27-/m0/s1. The summed E-state index contributed by atoms with van der Waals surface area (Å²) in [4.78, 5) is 30.4. The number of hydrogen-bond donors (Lipinski definition) is 0. The van der Waals surface area contributed by atoms with E-state index in [0.717, 1.165) is 27.9 Å². The molecule has 0 N–H and O–H groups in total. The van der Waals surface area contributed by atoms with Gasteiger partial charge in [-0.25, -0.2) is 0 Å². The topological polar surface area (TPSA) is 49.9 Å². The van der Waals surface area contributed by atoms with E-state index in [9.17, 15) is 9.59 Å². The number of carbonyl (C=O) groups is 2. The van der Waals surface area contributed by atoms with Gasteiger partial charge in [0.2, 0.25) is 0 Å². The fraction of sp³-hybridized carbons (Fsp3) is 0.259. The summed E-state index contributed by atoms with van der Waals surface area (Å²) in [5.41, 5.74) is 5.60. The van der Waals surface area contributed by atoms with Gasteiger partial charge in [0.25, 0.3) is 11.8 Å². The van der Waals surface area contributed by atoms with Crippen molar-refractivity contribution in [2.24, 2.45) is 0 Å². The van der Waals surface area contributed by atoms with Crippen molar-refractivity contribution in [3.63, 3.8) is 0 Å². The van der Waals surface area contributed by atoms with Crippen molar-refractivity contribution in [2.45, 2.75) is 25.3 Å². The molecule has 0 radical (unpaired) electrons. The van der Waals surface area contributed by atoms with E-state index < -0.39 is 4.87 Å². The number of aryl methyl sites for hydroxylation is 2. The molecular weight excluding hydrogens is 432 g/mol. The monoisotopic (exact) mass is 458 g/mol. The van der Waals surface area contributed by atoms with E-state index in [-0.39, 0.29) is 11.8 Å². The average Bonchev–Trinajstić information content (AvgIpc) is 3.36. The zero-order valence-electron chi connectivity index (χ0n) is 19.0. The van der Waals surface area contributed by atoms with Gasteiger partial charge in [-0.1, -0.05) is 53.6 Å². The predicted molar refractivity (Wildman–Crippen MR) is 132 cm³/mol. The molecule has 0 unspecified atom stereocenters. The normalized spacial score (nSPS) is 19.3. The van der Waals surface area contributed by atoms with Gasteiger partial charge >= 0.3 is 0 Å². The zero-order valence-corrected chi connectivity index (χ0v) is 19.8. The Kier molecular flexibility index (Phi) is 5.41. The Balaban J connectivity index is 1.59. The molecular formula is C27H26N2O3S. The fourth-order valence-electron chi connectivity index (χ4n) is 4.79. The van der Waals surface area contributed by atoms with E-state index in [4.69, 9.17) is 4.74 Å². The Morgan fingerprint density at radius 3 is 2.61 bits per heavy atom. The molecule has 2 aliphatic rings. The Morgan fingerprint density at radius 1 is 1.03 bits per heavy atom. The van der Waals surface area contributed by atoms with E-state index in [1.165, 1.54) is 0 Å². The van der Waals surface area contributed by atoms with Gasteiger partial charge in [-0.15, -0.1) is 11.8 Å². The first-order valence-corrected chi connectivity index (χ1v) is 12.0. The molecule has 2 heterocycles. The minimum absolute atomic E-state index is 0.0525. The van der Waals surface area contributed by atoms with Crippen LogP contribution in [0.3, 0.4) is 0 Å². The number of hydrogen-bond acceptors (Lipinski definition) is 4. The molecule has 0 aromatic heterocycles. The van der Waals surface area contributed by atoms with Gasteiger partial charge in [0.1, 0.15) is 5.75 Å². The lowest BCUT2D eigenvalue weighted by Gasteiger charge is -2.33. The van der Waals surface area contributed by atoms with Gasteiger partial charge in [-0.3, -0.25) is 9.59 Å². The lowest BCUT2D eigenvalue weighted by Crippen LogP contribution is -2.50. The van der Waals surface area contributed by atoms with Crippen molar-refractivity contribution in [2.75, 3.05) is 24.3 Å². The molecule has 5 rings (SSSR count). The number of methoxy groups -OCH3 is 1. The first-order chi connectivity index (χ1) is 15.9. The van der Waals surface area contributed by atoms with Crippen molar-refractivity contribution < 1.29 is 14.3 Å². The van der Waals surface area contributed by atoms with Crippen molar-refractivity contribution in [3.8, 4) is 5.75 Å². The zero-order chi connectivity index (χ0) is 23.2. The lowest BCUT2D eigenvalue weighted by molar-refractivity contribution is -0.123. The second-order valence-electron chi connectivity index (χ2n) is 8.58. The van der Waals surface area contributed by atoms with Crippen molar-refractivity contribution in [3.05, 3.63) is 94.5 Å². The van der Waals surface area contributed by atoms with Crippen LogP contribution in [0.25, 0.3) is 0 Å². The molecule has 33 heavy (non-hydrogen) atoms. The second kappa shape index (κ2) is 8.27. The third-order valence-corrected chi connectivity index (χ3v) is 7.75. The fourth-order valence-corrected chi connectivity index (χ4v) is 6.24. The van der Waals surface area contributed by atoms with Gasteiger partial charge in [0, 0.05) is 23.4 Å². The highest BCUT2D eigenvalue weighted by atomic mass is 32.2. The van der Waals surface area contributed by atoms with Crippen LogP contribution in [0, 0.1) is 13.8 Å². The molecule has 5 nitrogen and oxygen atoms in total. The van der Waals surface area contributed by atoms with Crippen LogP contribution in [0.15, 0.2) is 66.7 Å². The summed E-state index contributed by atoms with van der Waals surface area (Å²) < 4.78 is 5.32. The number of rotatable bonds is 4. The number of thioether (sulfide) groups is 1. The summed E-state index contributed by atoms with van der Waals surface area (Å²) in [5.74, 6) is 1.12. The highest BCUT2D eigenvalue weighted by molar-refractivity contribution is 8.01. The number of fused-ring (bicyclic) bond motifs is 2. The maximum absolute atomic E-state index is 14.1. The number of nitrogens with zero attached hydrogens (tertiary/aromatic N) is 2. The first-order valence-electron chi connectivity index (χ1n) is 11.0. The molecule has 1 spiro atoms. The number of benzene rings is 3. The van der Waals surface area contributed by atoms with Crippen LogP contribution in [-0.4, -0.2) is 36.1 Å². The van der Waals surface area contributed by atoms with E-state index in [1.807, 2.05) is 42.2 Å². The molecule has 2 aliphatic heterocycles. The smallest absolute Gasteiger partial charge is 0.268 e. The summed E-state index contributed by atoms with van der Waals surface area (Å²) in [5, 5.41) is 0. The van der Waals surface area contributed by atoms with E-state index >= 15 is 0 Å². The quantitative estimate of drug-likeness (QED) is 0.558. The highest BCUT2D eigenvalue weighted by Crippen LogP contribution is 2.55. The van der Waals surface area contributed by atoms with Crippen LogP contribution in [0.4, 0.5) is 5.69 Å². The summed E-state index contributed by atoms with van der Waals surface area (Å²) >= 11 is 1.55. The summed E-state index contributed by atoms with van der Waals surface area (Å²) in [6.45, 7) is 5.06. The molecule has 1 atom stereocenters. The molecule has 168 valence electrons. The van der Waals surface area contributed by atoms with E-state index in [2.05, 4.69) is 25.1 Å². The predicted octanol–water partition coefficient (Wildman–Crippen LogP) is 4.90. The van der Waals surface area contributed by atoms with E-state index in [0.29, 0.717) is 30.2 Å². The summed E-state index contributed by atoms with van der Waals surface area (Å²) in [6.07, 6.45) is 0.